The van der Waals surface area contributed by atoms with Crippen molar-refractivity contribution in [2.24, 2.45) is 5.92 Å². The average Bonchev–Trinajstić information content (AvgIpc) is 2.92. The van der Waals surface area contributed by atoms with E-state index in [-0.39, 0.29) is 11.7 Å². The van der Waals surface area contributed by atoms with E-state index < -0.39 is 11.9 Å². The SMILES string of the molecule is CCCCC/C=C/C1c2c(OC)cc(OC)cc2C(=O)C1C(=O)OC. The van der Waals surface area contributed by atoms with Crippen LogP contribution in [0.3, 0.4) is 0 Å². The lowest BCUT2D eigenvalue weighted by Crippen LogP contribution is -2.24. The van der Waals surface area contributed by atoms with Gasteiger partial charge in [-0.3, -0.25) is 9.59 Å². The van der Waals surface area contributed by atoms with Crippen LogP contribution < -0.4 is 9.47 Å². The molecule has 1 aliphatic rings. The number of unbranched alkanes of at least 4 members (excludes halogenated alkanes) is 3. The van der Waals surface area contributed by atoms with Crippen LogP contribution in [0, 0.1) is 5.92 Å². The van der Waals surface area contributed by atoms with Gasteiger partial charge in [-0.15, -0.1) is 0 Å². The second kappa shape index (κ2) is 8.70. The standard InChI is InChI=1S/C20H26O5/c1-5-6-7-8-9-10-14-17-15(19(21)18(14)20(22)25-4)11-13(23-2)12-16(17)24-3/h9-12,14,18H,5-8H2,1-4H3/b10-9+. The minimum atomic E-state index is -0.872. The van der Waals surface area contributed by atoms with Gasteiger partial charge < -0.3 is 14.2 Å². The van der Waals surface area contributed by atoms with E-state index in [0.717, 1.165) is 31.2 Å². The summed E-state index contributed by atoms with van der Waals surface area (Å²) in [5.41, 5.74) is 1.20. The van der Waals surface area contributed by atoms with Crippen molar-refractivity contribution in [1.82, 2.24) is 0 Å². The van der Waals surface area contributed by atoms with Crippen molar-refractivity contribution in [2.45, 2.75) is 38.5 Å². The molecule has 0 spiro atoms. The van der Waals surface area contributed by atoms with Crippen LogP contribution in [0.4, 0.5) is 0 Å². The summed E-state index contributed by atoms with van der Waals surface area (Å²) < 4.78 is 15.6. The summed E-state index contributed by atoms with van der Waals surface area (Å²) in [6.45, 7) is 2.15. The Morgan fingerprint density at radius 3 is 2.52 bits per heavy atom. The van der Waals surface area contributed by atoms with Crippen LogP contribution in [-0.4, -0.2) is 33.1 Å². The topological polar surface area (TPSA) is 61.8 Å². The molecule has 0 amide bonds. The van der Waals surface area contributed by atoms with Crippen molar-refractivity contribution in [3.05, 3.63) is 35.4 Å². The molecule has 2 atom stereocenters. The molecule has 5 nitrogen and oxygen atoms in total. The fraction of sp³-hybridized carbons (Fsp3) is 0.500. The van der Waals surface area contributed by atoms with Crippen molar-refractivity contribution in [3.63, 3.8) is 0 Å². The molecule has 0 saturated carbocycles. The molecule has 0 saturated heterocycles. The zero-order valence-corrected chi connectivity index (χ0v) is 15.3. The number of hydrogen-bond donors (Lipinski definition) is 0. The van der Waals surface area contributed by atoms with E-state index in [4.69, 9.17) is 14.2 Å². The van der Waals surface area contributed by atoms with E-state index in [9.17, 15) is 9.59 Å². The third-order valence-electron chi connectivity index (χ3n) is 4.58. The van der Waals surface area contributed by atoms with Crippen molar-refractivity contribution < 1.29 is 23.8 Å². The smallest absolute Gasteiger partial charge is 0.317 e. The van der Waals surface area contributed by atoms with Crippen LogP contribution in [0.5, 0.6) is 11.5 Å². The predicted octanol–water partition coefficient (Wildman–Crippen LogP) is 3.91. The summed E-state index contributed by atoms with van der Waals surface area (Å²) in [6, 6.07) is 3.41. The molecule has 0 aliphatic heterocycles. The van der Waals surface area contributed by atoms with Crippen molar-refractivity contribution in [1.29, 1.82) is 0 Å². The Labute approximate surface area is 149 Å². The van der Waals surface area contributed by atoms with E-state index in [0.29, 0.717) is 17.1 Å². The number of benzene rings is 1. The van der Waals surface area contributed by atoms with Gasteiger partial charge in [-0.25, -0.2) is 0 Å². The Morgan fingerprint density at radius 1 is 1.16 bits per heavy atom. The molecule has 1 aliphatic carbocycles. The number of esters is 1. The van der Waals surface area contributed by atoms with Gasteiger partial charge in [-0.05, 0) is 18.9 Å². The number of rotatable bonds is 8. The van der Waals surface area contributed by atoms with Crippen LogP contribution in [0.25, 0.3) is 0 Å². The lowest BCUT2D eigenvalue weighted by molar-refractivity contribution is -0.143. The number of methoxy groups -OCH3 is 3. The first-order chi connectivity index (χ1) is 12.1. The lowest BCUT2D eigenvalue weighted by atomic mass is 9.91. The Balaban J connectivity index is 2.44. The van der Waals surface area contributed by atoms with Crippen LogP contribution in [0.2, 0.25) is 0 Å². The van der Waals surface area contributed by atoms with E-state index in [1.165, 1.54) is 14.2 Å². The summed E-state index contributed by atoms with van der Waals surface area (Å²) in [5.74, 6) is -0.939. The van der Waals surface area contributed by atoms with Crippen LogP contribution in [0.1, 0.15) is 54.4 Å². The Hall–Kier alpha value is -2.30. The minimum Gasteiger partial charge on any atom is -0.497 e. The number of ketones is 1. The summed E-state index contributed by atoms with van der Waals surface area (Å²) in [5, 5.41) is 0. The molecule has 0 aromatic heterocycles. The third-order valence-corrected chi connectivity index (χ3v) is 4.58. The van der Waals surface area contributed by atoms with E-state index in [1.54, 1.807) is 19.2 Å². The Morgan fingerprint density at radius 2 is 1.92 bits per heavy atom. The highest BCUT2D eigenvalue weighted by Crippen LogP contribution is 2.46. The van der Waals surface area contributed by atoms with Crippen molar-refractivity contribution in [3.8, 4) is 11.5 Å². The molecule has 136 valence electrons. The monoisotopic (exact) mass is 346 g/mol. The molecular weight excluding hydrogens is 320 g/mol. The summed E-state index contributed by atoms with van der Waals surface area (Å²) in [7, 11) is 4.38. The molecule has 0 heterocycles. The minimum absolute atomic E-state index is 0.248. The Kier molecular flexibility index (Phi) is 6.62. The van der Waals surface area contributed by atoms with Gasteiger partial charge in [0, 0.05) is 23.1 Å². The molecule has 0 radical (unpaired) electrons. The van der Waals surface area contributed by atoms with Gasteiger partial charge >= 0.3 is 5.97 Å². The number of fused-ring (bicyclic) bond motifs is 1. The second-order valence-electron chi connectivity index (χ2n) is 6.11. The third kappa shape index (κ3) is 3.86. The maximum absolute atomic E-state index is 12.8. The quantitative estimate of drug-likeness (QED) is 0.309. The van der Waals surface area contributed by atoms with E-state index >= 15 is 0 Å². The molecular formula is C20H26O5. The van der Waals surface area contributed by atoms with Gasteiger partial charge in [-0.1, -0.05) is 31.9 Å². The van der Waals surface area contributed by atoms with Crippen LogP contribution in [0.15, 0.2) is 24.3 Å². The maximum atomic E-state index is 12.8. The number of ether oxygens (including phenoxy) is 3. The van der Waals surface area contributed by atoms with Gasteiger partial charge in [0.1, 0.15) is 17.4 Å². The molecule has 0 bridgehead atoms. The van der Waals surface area contributed by atoms with Crippen molar-refractivity contribution >= 4 is 11.8 Å². The zero-order chi connectivity index (χ0) is 18.4. The summed E-state index contributed by atoms with van der Waals surface area (Å²) in [6.07, 6.45) is 8.30. The highest BCUT2D eigenvalue weighted by Gasteiger charge is 2.45. The fourth-order valence-electron chi connectivity index (χ4n) is 3.28. The number of hydrogen-bond acceptors (Lipinski definition) is 5. The molecule has 1 aromatic carbocycles. The highest BCUT2D eigenvalue weighted by atomic mass is 16.5. The number of carbonyl (C=O) groups excluding carboxylic acids is 2. The average molecular weight is 346 g/mol. The summed E-state index contributed by atoms with van der Waals surface area (Å²) in [4.78, 5) is 25.1. The van der Waals surface area contributed by atoms with Crippen LogP contribution in [-0.2, 0) is 9.53 Å². The zero-order valence-electron chi connectivity index (χ0n) is 15.3. The molecule has 25 heavy (non-hydrogen) atoms. The summed E-state index contributed by atoms with van der Waals surface area (Å²) >= 11 is 0. The second-order valence-corrected chi connectivity index (χ2v) is 6.11. The normalized spacial score (nSPS) is 19.1. The van der Waals surface area contributed by atoms with Gasteiger partial charge in [0.25, 0.3) is 0 Å². The highest BCUT2D eigenvalue weighted by molar-refractivity contribution is 6.14. The fourth-order valence-corrected chi connectivity index (χ4v) is 3.28. The number of allylic oxidation sites excluding steroid dienone is 2. The number of carbonyl (C=O) groups is 2. The molecule has 2 rings (SSSR count). The van der Waals surface area contributed by atoms with Gasteiger partial charge in [0.05, 0.1) is 21.3 Å². The lowest BCUT2D eigenvalue weighted by Gasteiger charge is -2.16. The predicted molar refractivity (Wildman–Crippen MR) is 95.4 cm³/mol. The first-order valence-electron chi connectivity index (χ1n) is 8.63. The first-order valence-corrected chi connectivity index (χ1v) is 8.63. The number of Topliss-reactive ketones (excluding diaryl/α,β-unsaturated/α-hetero) is 1. The van der Waals surface area contributed by atoms with E-state index in [1.807, 2.05) is 12.2 Å². The Bertz CT molecular complexity index is 662. The largest absolute Gasteiger partial charge is 0.497 e. The van der Waals surface area contributed by atoms with Crippen molar-refractivity contribution in [2.75, 3.05) is 21.3 Å². The first kappa shape index (κ1) is 19.0. The van der Waals surface area contributed by atoms with E-state index in [2.05, 4.69) is 6.92 Å². The van der Waals surface area contributed by atoms with Gasteiger partial charge in [0.2, 0.25) is 0 Å². The maximum Gasteiger partial charge on any atom is 0.317 e. The molecule has 2 unspecified atom stereocenters. The van der Waals surface area contributed by atoms with Gasteiger partial charge in [0.15, 0.2) is 5.78 Å². The molecule has 0 fully saturated rings. The molecule has 1 aromatic rings. The molecule has 5 heteroatoms. The van der Waals surface area contributed by atoms with Crippen LogP contribution >= 0.6 is 0 Å². The van der Waals surface area contributed by atoms with Gasteiger partial charge in [-0.2, -0.15) is 0 Å². The molecule has 0 N–H and O–H groups in total.